The zero-order valence-electron chi connectivity index (χ0n) is 7.66. The minimum absolute atomic E-state index is 0.356. The van der Waals surface area contributed by atoms with Crippen molar-refractivity contribution >= 4 is 0 Å². The quantitative estimate of drug-likeness (QED) is 0.623. The predicted molar refractivity (Wildman–Crippen MR) is 49.0 cm³/mol. The molecule has 0 aliphatic heterocycles. The molecule has 1 aliphatic carbocycles. The van der Waals surface area contributed by atoms with Crippen molar-refractivity contribution in [3.8, 4) is 0 Å². The molecule has 1 fully saturated rings. The molecule has 1 saturated carbocycles. The highest BCUT2D eigenvalue weighted by Crippen LogP contribution is 2.33. The molecule has 66 valence electrons. The van der Waals surface area contributed by atoms with E-state index in [0.29, 0.717) is 5.54 Å². The normalized spacial score (nSPS) is 22.4. The molecule has 0 radical (unpaired) electrons. The monoisotopic (exact) mass is 164 g/mol. The van der Waals surface area contributed by atoms with Gasteiger partial charge in [0.05, 0.1) is 6.33 Å². The molecule has 0 atom stereocenters. The summed E-state index contributed by atoms with van der Waals surface area (Å²) in [5.41, 5.74) is 0.356. The Kier molecular flexibility index (Phi) is 1.91. The van der Waals surface area contributed by atoms with Crippen molar-refractivity contribution in [2.45, 2.75) is 44.6 Å². The highest BCUT2D eigenvalue weighted by Gasteiger charge is 2.27. The van der Waals surface area contributed by atoms with Gasteiger partial charge in [0, 0.05) is 17.9 Å². The van der Waals surface area contributed by atoms with E-state index in [2.05, 4.69) is 22.7 Å². The molecule has 1 heterocycles. The van der Waals surface area contributed by atoms with Gasteiger partial charge in [0.1, 0.15) is 0 Å². The first-order valence-corrected chi connectivity index (χ1v) is 4.80. The summed E-state index contributed by atoms with van der Waals surface area (Å²) in [4.78, 5) is 4.11. The number of nitrogens with zero attached hydrogens (tertiary/aromatic N) is 2. The molecule has 1 aromatic rings. The summed E-state index contributed by atoms with van der Waals surface area (Å²) in [7, 11) is 0. The Balaban J connectivity index is 2.19. The number of hydrogen-bond donors (Lipinski definition) is 0. The largest absolute Gasteiger partial charge is 0.332 e. The van der Waals surface area contributed by atoms with Gasteiger partial charge in [-0.2, -0.15) is 0 Å². The fourth-order valence-corrected chi connectivity index (χ4v) is 2.15. The summed E-state index contributed by atoms with van der Waals surface area (Å²) in [6.45, 7) is 2.34. The molecule has 0 saturated heterocycles. The molecule has 12 heavy (non-hydrogen) atoms. The summed E-state index contributed by atoms with van der Waals surface area (Å²) < 4.78 is 2.27. The minimum atomic E-state index is 0.356. The Labute approximate surface area is 73.6 Å². The maximum absolute atomic E-state index is 4.11. The summed E-state index contributed by atoms with van der Waals surface area (Å²) in [5.74, 6) is 0. The molecule has 2 heteroatoms. The highest BCUT2D eigenvalue weighted by molar-refractivity contribution is 4.90. The molecule has 2 nitrogen and oxygen atoms in total. The molecule has 0 aromatic carbocycles. The van der Waals surface area contributed by atoms with E-state index in [-0.39, 0.29) is 0 Å². The Hall–Kier alpha value is -0.790. The lowest BCUT2D eigenvalue weighted by Crippen LogP contribution is -2.31. The SMILES string of the molecule is CC1(n2ccnc2)CCCCC1. The van der Waals surface area contributed by atoms with Gasteiger partial charge in [-0.1, -0.05) is 19.3 Å². The van der Waals surface area contributed by atoms with Crippen LogP contribution >= 0.6 is 0 Å². The fraction of sp³-hybridized carbons (Fsp3) is 0.700. The first kappa shape index (κ1) is 7.84. The molecule has 0 bridgehead atoms. The van der Waals surface area contributed by atoms with Crippen LogP contribution < -0.4 is 0 Å². The van der Waals surface area contributed by atoms with Crippen molar-refractivity contribution in [1.82, 2.24) is 9.55 Å². The second kappa shape index (κ2) is 2.92. The lowest BCUT2D eigenvalue weighted by molar-refractivity contribution is 0.218. The van der Waals surface area contributed by atoms with E-state index in [1.165, 1.54) is 32.1 Å². The summed E-state index contributed by atoms with van der Waals surface area (Å²) in [6.07, 6.45) is 12.7. The molecule has 1 aliphatic rings. The van der Waals surface area contributed by atoms with Crippen LogP contribution in [-0.2, 0) is 5.54 Å². The second-order valence-corrected chi connectivity index (χ2v) is 4.03. The van der Waals surface area contributed by atoms with E-state index in [0.717, 1.165) is 0 Å². The van der Waals surface area contributed by atoms with E-state index in [1.807, 2.05) is 12.5 Å². The average molecular weight is 164 g/mol. The number of aromatic nitrogens is 2. The molecule has 0 unspecified atom stereocenters. The van der Waals surface area contributed by atoms with Crippen LogP contribution in [0, 0.1) is 0 Å². The van der Waals surface area contributed by atoms with Crippen molar-refractivity contribution in [3.63, 3.8) is 0 Å². The van der Waals surface area contributed by atoms with E-state index >= 15 is 0 Å². The third-order valence-electron chi connectivity index (χ3n) is 3.06. The van der Waals surface area contributed by atoms with Crippen LogP contribution in [0.25, 0.3) is 0 Å². The lowest BCUT2D eigenvalue weighted by Gasteiger charge is -2.34. The van der Waals surface area contributed by atoms with Crippen molar-refractivity contribution in [2.24, 2.45) is 0 Å². The topological polar surface area (TPSA) is 17.8 Å². The van der Waals surface area contributed by atoms with Gasteiger partial charge in [-0.05, 0) is 19.8 Å². The summed E-state index contributed by atoms with van der Waals surface area (Å²) in [5, 5.41) is 0. The summed E-state index contributed by atoms with van der Waals surface area (Å²) >= 11 is 0. The average Bonchev–Trinajstić information content (AvgIpc) is 2.58. The van der Waals surface area contributed by atoms with Crippen molar-refractivity contribution in [1.29, 1.82) is 0 Å². The number of rotatable bonds is 1. The smallest absolute Gasteiger partial charge is 0.0951 e. The van der Waals surface area contributed by atoms with Gasteiger partial charge < -0.3 is 4.57 Å². The molecule has 2 rings (SSSR count). The van der Waals surface area contributed by atoms with Gasteiger partial charge in [0.2, 0.25) is 0 Å². The van der Waals surface area contributed by atoms with Crippen molar-refractivity contribution in [3.05, 3.63) is 18.7 Å². The van der Waals surface area contributed by atoms with Crippen molar-refractivity contribution < 1.29 is 0 Å². The van der Waals surface area contributed by atoms with Crippen LogP contribution in [0.5, 0.6) is 0 Å². The lowest BCUT2D eigenvalue weighted by atomic mass is 9.83. The maximum atomic E-state index is 4.11. The molecular weight excluding hydrogens is 148 g/mol. The zero-order valence-corrected chi connectivity index (χ0v) is 7.66. The predicted octanol–water partition coefficient (Wildman–Crippen LogP) is 2.56. The van der Waals surface area contributed by atoms with E-state index in [4.69, 9.17) is 0 Å². The third-order valence-corrected chi connectivity index (χ3v) is 3.06. The van der Waals surface area contributed by atoms with Gasteiger partial charge in [-0.25, -0.2) is 4.98 Å². The molecule has 0 N–H and O–H groups in total. The van der Waals surface area contributed by atoms with Crippen LogP contribution in [-0.4, -0.2) is 9.55 Å². The molecule has 1 aromatic heterocycles. The van der Waals surface area contributed by atoms with Crippen LogP contribution in [0.15, 0.2) is 18.7 Å². The molecule has 0 amide bonds. The Morgan fingerprint density at radius 2 is 2.00 bits per heavy atom. The number of hydrogen-bond acceptors (Lipinski definition) is 1. The highest BCUT2D eigenvalue weighted by atomic mass is 15.1. The van der Waals surface area contributed by atoms with Crippen LogP contribution in [0.1, 0.15) is 39.0 Å². The van der Waals surface area contributed by atoms with Crippen LogP contribution in [0.4, 0.5) is 0 Å². The van der Waals surface area contributed by atoms with Gasteiger partial charge in [-0.3, -0.25) is 0 Å². The second-order valence-electron chi connectivity index (χ2n) is 4.03. The van der Waals surface area contributed by atoms with Gasteiger partial charge >= 0.3 is 0 Å². The Morgan fingerprint density at radius 3 is 2.58 bits per heavy atom. The van der Waals surface area contributed by atoms with E-state index in [9.17, 15) is 0 Å². The first-order valence-electron chi connectivity index (χ1n) is 4.80. The van der Waals surface area contributed by atoms with Gasteiger partial charge in [0.15, 0.2) is 0 Å². The summed E-state index contributed by atoms with van der Waals surface area (Å²) in [6, 6.07) is 0. The van der Waals surface area contributed by atoms with Gasteiger partial charge in [-0.15, -0.1) is 0 Å². The third kappa shape index (κ3) is 1.26. The first-order chi connectivity index (χ1) is 5.81. The Morgan fingerprint density at radius 1 is 1.25 bits per heavy atom. The standard InChI is InChI=1S/C10H16N2/c1-10(5-3-2-4-6-10)12-8-7-11-9-12/h7-9H,2-6H2,1H3. The van der Waals surface area contributed by atoms with E-state index < -0.39 is 0 Å². The molecular formula is C10H16N2. The number of imidazole rings is 1. The fourth-order valence-electron chi connectivity index (χ4n) is 2.15. The van der Waals surface area contributed by atoms with Crippen molar-refractivity contribution in [2.75, 3.05) is 0 Å². The van der Waals surface area contributed by atoms with Gasteiger partial charge in [0.25, 0.3) is 0 Å². The maximum Gasteiger partial charge on any atom is 0.0951 e. The van der Waals surface area contributed by atoms with E-state index in [1.54, 1.807) is 0 Å². The zero-order chi connectivity index (χ0) is 8.44. The van der Waals surface area contributed by atoms with Crippen LogP contribution in [0.2, 0.25) is 0 Å². The molecule has 0 spiro atoms. The minimum Gasteiger partial charge on any atom is -0.332 e. The van der Waals surface area contributed by atoms with Crippen LogP contribution in [0.3, 0.4) is 0 Å². The Bertz CT molecular complexity index is 232.